The number of aliphatic hydroxyl groups is 1. The molecule has 1 N–H and O–H groups in total. The van der Waals surface area contributed by atoms with Crippen molar-refractivity contribution in [2.45, 2.75) is 51.2 Å². The Hall–Kier alpha value is -4.12. The molecule has 0 unspecified atom stereocenters. The van der Waals surface area contributed by atoms with Gasteiger partial charge < -0.3 is 14.2 Å². The van der Waals surface area contributed by atoms with Gasteiger partial charge in [0, 0.05) is 16.2 Å². The first-order valence-electron chi connectivity index (χ1n) is 14.5. The van der Waals surface area contributed by atoms with Gasteiger partial charge in [-0.05, 0) is 80.6 Å². The molecule has 209 valence electrons. The highest BCUT2D eigenvalue weighted by molar-refractivity contribution is 6.47. The number of rotatable bonds is 8. The van der Waals surface area contributed by atoms with E-state index in [1.54, 1.807) is 21.3 Å². The quantitative estimate of drug-likeness (QED) is 0.153. The number of benzene rings is 5. The van der Waals surface area contributed by atoms with Crippen LogP contribution in [0.3, 0.4) is 0 Å². The summed E-state index contributed by atoms with van der Waals surface area (Å²) in [6, 6.07) is 42.6. The summed E-state index contributed by atoms with van der Waals surface area (Å²) in [5.41, 5.74) is 6.31. The topological polar surface area (TPSA) is 42.6 Å². The van der Waals surface area contributed by atoms with Crippen LogP contribution in [0.1, 0.15) is 51.3 Å². The van der Waals surface area contributed by atoms with Gasteiger partial charge in [-0.1, -0.05) is 109 Å². The third-order valence-corrected chi connectivity index (χ3v) is 8.92. The predicted octanol–water partition coefficient (Wildman–Crippen LogP) is 8.42. The van der Waals surface area contributed by atoms with Gasteiger partial charge in [0.2, 0.25) is 0 Å². The normalized spacial score (nSPS) is 12.6. The highest BCUT2D eigenvalue weighted by Gasteiger charge is 2.36. The van der Waals surface area contributed by atoms with Crippen LogP contribution in [0.5, 0.6) is 0 Å². The summed E-state index contributed by atoms with van der Waals surface area (Å²) in [6.45, 7) is 9.60. The maximum Gasteiger partial charge on any atom is 0.330 e. The SMILES string of the molecule is CC(c1ccccc1)(c1ccccc1)c1cc2oc3ccc([B]OC(C)(C)C(C)(C)O)cc3c2cc1-c1ccccc1. The summed E-state index contributed by atoms with van der Waals surface area (Å²) in [7, 11) is 1.73. The van der Waals surface area contributed by atoms with Crippen LogP contribution in [0.2, 0.25) is 0 Å². The van der Waals surface area contributed by atoms with Gasteiger partial charge in [0.05, 0.1) is 11.2 Å². The van der Waals surface area contributed by atoms with Crippen LogP contribution in [0.25, 0.3) is 33.1 Å². The number of hydrogen-bond donors (Lipinski definition) is 1. The largest absolute Gasteiger partial charge is 0.456 e. The molecule has 0 atom stereocenters. The Balaban J connectivity index is 1.57. The van der Waals surface area contributed by atoms with Gasteiger partial charge in [-0.3, -0.25) is 0 Å². The van der Waals surface area contributed by atoms with Crippen LogP contribution in [0, 0.1) is 0 Å². The lowest BCUT2D eigenvalue weighted by molar-refractivity contribution is -0.0893. The molecule has 0 fully saturated rings. The van der Waals surface area contributed by atoms with E-state index in [2.05, 4.69) is 116 Å². The Labute approximate surface area is 249 Å². The number of fused-ring (bicyclic) bond motifs is 3. The molecule has 0 saturated heterocycles. The zero-order chi connectivity index (χ0) is 29.5. The molecular formula is C38H36BO3. The van der Waals surface area contributed by atoms with Crippen LogP contribution >= 0.6 is 0 Å². The van der Waals surface area contributed by atoms with Crippen LogP contribution in [0.15, 0.2) is 126 Å². The van der Waals surface area contributed by atoms with E-state index in [4.69, 9.17) is 9.07 Å². The summed E-state index contributed by atoms with van der Waals surface area (Å²) in [4.78, 5) is 0. The molecule has 6 aromatic rings. The summed E-state index contributed by atoms with van der Waals surface area (Å²) in [6.07, 6.45) is 0. The fraction of sp³-hybridized carbons (Fsp3) is 0.211. The molecule has 0 aliphatic rings. The first-order chi connectivity index (χ1) is 20.1. The lowest BCUT2D eigenvalue weighted by atomic mass is 9.68. The van der Waals surface area contributed by atoms with Crippen molar-refractivity contribution >= 4 is 34.9 Å². The minimum Gasteiger partial charge on any atom is -0.456 e. The smallest absolute Gasteiger partial charge is 0.330 e. The van der Waals surface area contributed by atoms with Gasteiger partial charge in [-0.2, -0.15) is 0 Å². The molecular weight excluding hydrogens is 515 g/mol. The van der Waals surface area contributed by atoms with Crippen molar-refractivity contribution in [1.29, 1.82) is 0 Å². The van der Waals surface area contributed by atoms with Gasteiger partial charge in [-0.25, -0.2) is 0 Å². The molecule has 1 aromatic heterocycles. The summed E-state index contributed by atoms with van der Waals surface area (Å²) in [5, 5.41) is 12.6. The first-order valence-corrected chi connectivity index (χ1v) is 14.5. The lowest BCUT2D eigenvalue weighted by Gasteiger charge is -2.37. The van der Waals surface area contributed by atoms with Gasteiger partial charge in [-0.15, -0.1) is 0 Å². The van der Waals surface area contributed by atoms with Crippen molar-refractivity contribution < 1.29 is 14.2 Å². The molecule has 0 aliphatic carbocycles. The number of furan rings is 1. The van der Waals surface area contributed by atoms with E-state index in [0.717, 1.165) is 38.5 Å². The van der Waals surface area contributed by atoms with Gasteiger partial charge in [0.1, 0.15) is 11.2 Å². The molecule has 3 nitrogen and oxygen atoms in total. The minimum atomic E-state index is -0.999. The minimum absolute atomic E-state index is 0.434. The fourth-order valence-corrected chi connectivity index (χ4v) is 5.56. The molecule has 42 heavy (non-hydrogen) atoms. The van der Waals surface area contributed by atoms with Crippen molar-refractivity contribution in [1.82, 2.24) is 0 Å². The maximum atomic E-state index is 10.5. The van der Waals surface area contributed by atoms with Crippen molar-refractivity contribution in [2.75, 3.05) is 0 Å². The molecule has 6 rings (SSSR count). The van der Waals surface area contributed by atoms with E-state index in [1.807, 2.05) is 26.0 Å². The second-order valence-electron chi connectivity index (χ2n) is 12.3. The summed E-state index contributed by atoms with van der Waals surface area (Å²) < 4.78 is 12.6. The molecule has 0 saturated carbocycles. The molecule has 4 heteroatoms. The highest BCUT2D eigenvalue weighted by Crippen LogP contribution is 2.46. The van der Waals surface area contributed by atoms with E-state index in [-0.39, 0.29) is 0 Å². The van der Waals surface area contributed by atoms with E-state index in [9.17, 15) is 5.11 Å². The van der Waals surface area contributed by atoms with Gasteiger partial charge in [0.15, 0.2) is 0 Å². The zero-order valence-electron chi connectivity index (χ0n) is 24.9. The summed E-state index contributed by atoms with van der Waals surface area (Å²) in [5.74, 6) is 0. The predicted molar refractivity (Wildman–Crippen MR) is 174 cm³/mol. The Morgan fingerprint density at radius 3 is 1.74 bits per heavy atom. The molecule has 0 spiro atoms. The molecule has 1 heterocycles. The van der Waals surface area contributed by atoms with E-state index >= 15 is 0 Å². The van der Waals surface area contributed by atoms with Crippen LogP contribution in [-0.4, -0.2) is 23.8 Å². The second-order valence-corrected chi connectivity index (χ2v) is 12.3. The third-order valence-electron chi connectivity index (χ3n) is 8.92. The standard InChI is InChI=1S/C38H36BO3/c1-36(2,40)37(3,4)42-39-29-21-22-34-31(23-29)32-24-30(26-15-9-6-10-16-26)33(25-35(32)41-34)38(5,27-17-11-7-12-18-27)28-19-13-8-14-20-28/h6-25,40H,1-5H3. The lowest BCUT2D eigenvalue weighted by Crippen LogP contribution is -2.49. The molecule has 1 radical (unpaired) electrons. The van der Waals surface area contributed by atoms with Crippen LogP contribution in [0.4, 0.5) is 0 Å². The molecule has 0 amide bonds. The van der Waals surface area contributed by atoms with Crippen LogP contribution < -0.4 is 5.46 Å². The Kier molecular flexibility index (Phi) is 7.08. The Morgan fingerprint density at radius 1 is 0.619 bits per heavy atom. The highest BCUT2D eigenvalue weighted by atomic mass is 16.5. The van der Waals surface area contributed by atoms with Gasteiger partial charge >= 0.3 is 7.48 Å². The molecule has 5 aromatic carbocycles. The van der Waals surface area contributed by atoms with Crippen molar-refractivity contribution in [3.05, 3.63) is 138 Å². The zero-order valence-corrected chi connectivity index (χ0v) is 24.9. The first kappa shape index (κ1) is 28.0. The molecule has 0 bridgehead atoms. The van der Waals surface area contributed by atoms with Crippen molar-refractivity contribution in [2.24, 2.45) is 0 Å². The van der Waals surface area contributed by atoms with Crippen LogP contribution in [-0.2, 0) is 10.1 Å². The van der Waals surface area contributed by atoms with E-state index in [0.29, 0.717) is 0 Å². The van der Waals surface area contributed by atoms with Crippen molar-refractivity contribution in [3.63, 3.8) is 0 Å². The second kappa shape index (κ2) is 10.6. The maximum absolute atomic E-state index is 10.5. The number of hydrogen-bond acceptors (Lipinski definition) is 3. The fourth-order valence-electron chi connectivity index (χ4n) is 5.56. The Bertz CT molecular complexity index is 1790. The average molecular weight is 552 g/mol. The monoisotopic (exact) mass is 551 g/mol. The average Bonchev–Trinajstić information content (AvgIpc) is 3.37. The van der Waals surface area contributed by atoms with Crippen molar-refractivity contribution in [3.8, 4) is 11.1 Å². The third kappa shape index (κ3) is 4.95. The van der Waals surface area contributed by atoms with E-state index in [1.165, 1.54) is 16.7 Å². The summed E-state index contributed by atoms with van der Waals surface area (Å²) >= 11 is 0. The van der Waals surface area contributed by atoms with Gasteiger partial charge in [0.25, 0.3) is 0 Å². The van der Waals surface area contributed by atoms with E-state index < -0.39 is 16.6 Å². The molecule has 0 aliphatic heterocycles. The Morgan fingerprint density at radius 2 is 1.17 bits per heavy atom.